The lowest BCUT2D eigenvalue weighted by molar-refractivity contribution is -0.189. The molecule has 0 aliphatic carbocycles. The first kappa shape index (κ1) is 16.5. The van der Waals surface area contributed by atoms with Crippen LogP contribution < -0.4 is 0 Å². The van der Waals surface area contributed by atoms with Crippen LogP contribution >= 0.6 is 0 Å². The number of rotatable bonds is 6. The number of carbonyl (C=O) groups is 2. The van der Waals surface area contributed by atoms with E-state index in [4.69, 9.17) is 9.47 Å². The van der Waals surface area contributed by atoms with E-state index >= 15 is 0 Å². The van der Waals surface area contributed by atoms with E-state index in [-0.39, 0.29) is 5.91 Å². The van der Waals surface area contributed by atoms with Crippen LogP contribution in [0, 0.1) is 0 Å². The van der Waals surface area contributed by atoms with Gasteiger partial charge in [-0.2, -0.15) is 0 Å². The molecule has 0 bridgehead atoms. The van der Waals surface area contributed by atoms with Crippen molar-refractivity contribution in [3.63, 3.8) is 0 Å². The Morgan fingerprint density at radius 1 is 1.23 bits per heavy atom. The molecule has 1 amide bonds. The maximum absolute atomic E-state index is 12.8. The number of hydrogen-bond acceptors (Lipinski definition) is 4. The number of amides is 1. The third-order valence-corrected chi connectivity index (χ3v) is 3.74. The topological polar surface area (TPSA) is 55.8 Å². The summed E-state index contributed by atoms with van der Waals surface area (Å²) >= 11 is 0. The Hall–Kier alpha value is -1.88. The highest BCUT2D eigenvalue weighted by atomic mass is 16.6. The van der Waals surface area contributed by atoms with Crippen LogP contribution in [0.25, 0.3) is 0 Å². The largest absolute Gasteiger partial charge is 0.462 e. The molecule has 0 spiro atoms. The van der Waals surface area contributed by atoms with E-state index in [0.717, 1.165) is 12.8 Å². The van der Waals surface area contributed by atoms with E-state index < -0.39 is 11.7 Å². The normalized spacial score (nSPS) is 20.9. The Balaban J connectivity index is 2.27. The van der Waals surface area contributed by atoms with E-state index in [1.54, 1.807) is 24.3 Å². The zero-order chi connectivity index (χ0) is 16.0. The van der Waals surface area contributed by atoms with Gasteiger partial charge in [0.2, 0.25) is 5.72 Å². The maximum Gasteiger partial charge on any atom is 0.360 e. The molecule has 1 saturated heterocycles. The number of ether oxygens (including phenoxy) is 2. The second-order valence-electron chi connectivity index (χ2n) is 5.28. The summed E-state index contributed by atoms with van der Waals surface area (Å²) in [6.45, 7) is 4.93. The third kappa shape index (κ3) is 3.14. The summed E-state index contributed by atoms with van der Waals surface area (Å²) in [4.78, 5) is 26.8. The minimum atomic E-state index is -1.28. The molecule has 1 atom stereocenters. The number of benzene rings is 1. The molecule has 5 nitrogen and oxygen atoms in total. The Kier molecular flexibility index (Phi) is 5.55. The van der Waals surface area contributed by atoms with Crippen molar-refractivity contribution in [2.75, 3.05) is 19.8 Å². The van der Waals surface area contributed by atoms with Crippen LogP contribution in [0.2, 0.25) is 0 Å². The monoisotopic (exact) mass is 305 g/mol. The van der Waals surface area contributed by atoms with Crippen molar-refractivity contribution >= 4 is 11.9 Å². The lowest BCUT2D eigenvalue weighted by Gasteiger charge is -2.35. The standard InChI is InChI=1S/C17H23NO4/c1-3-13-21-16(20)17(22-4-2)11-8-12-18(17)15(19)14-9-6-5-7-10-14/h5-7,9-10H,3-4,8,11-13H2,1-2H3/t17-/m1/s1. The fraction of sp³-hybridized carbons (Fsp3) is 0.529. The van der Waals surface area contributed by atoms with Crippen LogP contribution in [0.3, 0.4) is 0 Å². The second-order valence-corrected chi connectivity index (χ2v) is 5.28. The summed E-state index contributed by atoms with van der Waals surface area (Å²) in [6.07, 6.45) is 1.93. The summed E-state index contributed by atoms with van der Waals surface area (Å²) in [5, 5.41) is 0. The minimum absolute atomic E-state index is 0.194. The molecule has 1 aliphatic heterocycles. The Morgan fingerprint density at radius 3 is 2.59 bits per heavy atom. The highest BCUT2D eigenvalue weighted by molar-refractivity contribution is 5.98. The highest BCUT2D eigenvalue weighted by Crippen LogP contribution is 2.33. The number of esters is 1. The number of nitrogens with zero attached hydrogens (tertiary/aromatic N) is 1. The van der Waals surface area contributed by atoms with Gasteiger partial charge in [0.15, 0.2) is 0 Å². The lowest BCUT2D eigenvalue weighted by atomic mass is 10.1. The van der Waals surface area contributed by atoms with E-state index in [9.17, 15) is 9.59 Å². The molecule has 1 fully saturated rings. The Bertz CT molecular complexity index is 517. The van der Waals surface area contributed by atoms with Crippen molar-refractivity contribution in [3.05, 3.63) is 35.9 Å². The average molecular weight is 305 g/mol. The Morgan fingerprint density at radius 2 is 1.95 bits per heavy atom. The lowest BCUT2D eigenvalue weighted by Crippen LogP contribution is -2.55. The van der Waals surface area contributed by atoms with Crippen molar-refractivity contribution in [2.45, 2.75) is 38.8 Å². The first-order valence-corrected chi connectivity index (χ1v) is 7.84. The van der Waals surface area contributed by atoms with Crippen molar-refractivity contribution in [2.24, 2.45) is 0 Å². The SMILES string of the molecule is CCCOC(=O)[C@]1(OCC)CCCN1C(=O)c1ccccc1. The van der Waals surface area contributed by atoms with Gasteiger partial charge in [0.1, 0.15) is 0 Å². The summed E-state index contributed by atoms with van der Waals surface area (Å²) < 4.78 is 11.0. The molecular formula is C17H23NO4. The minimum Gasteiger partial charge on any atom is -0.462 e. The Labute approximate surface area is 131 Å². The molecule has 22 heavy (non-hydrogen) atoms. The van der Waals surface area contributed by atoms with Crippen LogP contribution in [-0.4, -0.2) is 42.3 Å². The molecule has 0 N–H and O–H groups in total. The van der Waals surface area contributed by atoms with Crippen LogP contribution in [0.15, 0.2) is 30.3 Å². The fourth-order valence-corrected chi connectivity index (χ4v) is 2.76. The second kappa shape index (κ2) is 7.40. The van der Waals surface area contributed by atoms with Gasteiger partial charge in [-0.05, 0) is 31.9 Å². The predicted molar refractivity (Wildman–Crippen MR) is 82.3 cm³/mol. The summed E-state index contributed by atoms with van der Waals surface area (Å²) in [5.74, 6) is -0.655. The molecule has 0 saturated carbocycles. The van der Waals surface area contributed by atoms with E-state index in [1.807, 2.05) is 19.9 Å². The highest BCUT2D eigenvalue weighted by Gasteiger charge is 2.52. The van der Waals surface area contributed by atoms with Crippen LogP contribution in [0.1, 0.15) is 43.5 Å². The van der Waals surface area contributed by atoms with Gasteiger partial charge < -0.3 is 14.4 Å². The van der Waals surface area contributed by atoms with E-state index in [0.29, 0.717) is 31.7 Å². The van der Waals surface area contributed by atoms with Gasteiger partial charge in [-0.15, -0.1) is 0 Å². The predicted octanol–water partition coefficient (Wildman–Crippen LogP) is 2.61. The quantitative estimate of drug-likeness (QED) is 0.758. The molecule has 2 rings (SSSR count). The smallest absolute Gasteiger partial charge is 0.360 e. The number of hydrogen-bond donors (Lipinski definition) is 0. The molecule has 1 aromatic carbocycles. The molecule has 0 aromatic heterocycles. The molecule has 1 aliphatic rings. The molecule has 1 heterocycles. The van der Waals surface area contributed by atoms with Crippen LogP contribution in [0.4, 0.5) is 0 Å². The zero-order valence-corrected chi connectivity index (χ0v) is 13.2. The molecule has 1 aromatic rings. The average Bonchev–Trinajstić information content (AvgIpc) is 2.98. The molecule has 5 heteroatoms. The van der Waals surface area contributed by atoms with E-state index in [2.05, 4.69) is 0 Å². The molecule has 0 unspecified atom stereocenters. The molecule has 120 valence electrons. The van der Waals surface area contributed by atoms with Gasteiger partial charge >= 0.3 is 5.97 Å². The maximum atomic E-state index is 12.8. The number of carbonyl (C=O) groups excluding carboxylic acids is 2. The van der Waals surface area contributed by atoms with Gasteiger partial charge in [0, 0.05) is 25.1 Å². The first-order chi connectivity index (χ1) is 10.7. The van der Waals surface area contributed by atoms with Crippen molar-refractivity contribution in [3.8, 4) is 0 Å². The van der Waals surface area contributed by atoms with Crippen molar-refractivity contribution < 1.29 is 19.1 Å². The summed E-state index contributed by atoms with van der Waals surface area (Å²) in [7, 11) is 0. The van der Waals surface area contributed by atoms with Crippen molar-refractivity contribution in [1.29, 1.82) is 0 Å². The van der Waals surface area contributed by atoms with Gasteiger partial charge in [-0.3, -0.25) is 4.79 Å². The van der Waals surface area contributed by atoms with Gasteiger partial charge in [-0.1, -0.05) is 25.1 Å². The van der Waals surface area contributed by atoms with Gasteiger partial charge in [0.05, 0.1) is 6.61 Å². The third-order valence-electron chi connectivity index (χ3n) is 3.74. The fourth-order valence-electron chi connectivity index (χ4n) is 2.76. The first-order valence-electron chi connectivity index (χ1n) is 7.84. The van der Waals surface area contributed by atoms with Crippen LogP contribution in [0.5, 0.6) is 0 Å². The van der Waals surface area contributed by atoms with Gasteiger partial charge in [0.25, 0.3) is 5.91 Å². The van der Waals surface area contributed by atoms with Crippen LogP contribution in [-0.2, 0) is 14.3 Å². The van der Waals surface area contributed by atoms with Crippen molar-refractivity contribution in [1.82, 2.24) is 4.90 Å². The summed E-state index contributed by atoms with van der Waals surface area (Å²) in [5.41, 5.74) is -0.728. The van der Waals surface area contributed by atoms with E-state index in [1.165, 1.54) is 4.90 Å². The number of likely N-dealkylation sites (tertiary alicyclic amines) is 1. The molecule has 0 radical (unpaired) electrons. The molecular weight excluding hydrogens is 282 g/mol. The summed E-state index contributed by atoms with van der Waals surface area (Å²) in [6, 6.07) is 8.96. The van der Waals surface area contributed by atoms with Gasteiger partial charge in [-0.25, -0.2) is 4.79 Å². The zero-order valence-electron chi connectivity index (χ0n) is 13.2.